The van der Waals surface area contributed by atoms with Gasteiger partial charge in [0.1, 0.15) is 19.3 Å². The molecule has 0 saturated carbocycles. The molecule has 1 aromatic rings. The van der Waals surface area contributed by atoms with Gasteiger partial charge in [0.25, 0.3) is 0 Å². The smallest absolute Gasteiger partial charge is 0.127 e. The van der Waals surface area contributed by atoms with Crippen LogP contribution in [-0.4, -0.2) is 32.1 Å². The molecular formula is C29H38BBrO2S2. The summed E-state index contributed by atoms with van der Waals surface area (Å²) in [7, 11) is 7.69. The molecule has 0 aromatic heterocycles. The minimum atomic E-state index is 0.375. The molecule has 2 aliphatic heterocycles. The molecule has 188 valence electrons. The van der Waals surface area contributed by atoms with E-state index in [0.717, 1.165) is 59.2 Å². The second-order valence-electron chi connectivity index (χ2n) is 9.82. The molecule has 3 rings (SSSR count). The number of ether oxygens (including phenoxy) is 2. The van der Waals surface area contributed by atoms with E-state index in [9.17, 15) is 0 Å². The SMILES string of the molecule is [B]C1=CCC(/C=C/c2cc(OC)c(/C=C/C3CC=C(Br)S3)cc2OCCC(C)CCCC(C)C)S1. The molecule has 0 bridgehead atoms. The van der Waals surface area contributed by atoms with Crippen LogP contribution >= 0.6 is 39.5 Å². The topological polar surface area (TPSA) is 18.5 Å². The number of rotatable bonds is 13. The zero-order valence-corrected chi connectivity index (χ0v) is 24.7. The van der Waals surface area contributed by atoms with Gasteiger partial charge in [-0.2, -0.15) is 0 Å². The van der Waals surface area contributed by atoms with Gasteiger partial charge in [-0.25, -0.2) is 0 Å². The van der Waals surface area contributed by atoms with Gasteiger partial charge < -0.3 is 9.47 Å². The maximum atomic E-state index is 6.39. The van der Waals surface area contributed by atoms with E-state index in [2.05, 4.69) is 85.3 Å². The maximum absolute atomic E-state index is 6.39. The van der Waals surface area contributed by atoms with Crippen molar-refractivity contribution < 1.29 is 9.47 Å². The highest BCUT2D eigenvalue weighted by molar-refractivity contribution is 9.14. The minimum absolute atomic E-state index is 0.375. The number of methoxy groups -OCH3 is 1. The fraction of sp³-hybridized carbons (Fsp3) is 0.517. The highest BCUT2D eigenvalue weighted by Crippen LogP contribution is 2.38. The molecule has 2 heterocycles. The lowest BCUT2D eigenvalue weighted by Gasteiger charge is -2.16. The minimum Gasteiger partial charge on any atom is -0.496 e. The average Bonchev–Trinajstić information content (AvgIpc) is 3.43. The lowest BCUT2D eigenvalue weighted by atomic mass is 9.97. The summed E-state index contributed by atoms with van der Waals surface area (Å²) in [6.45, 7) is 7.66. The first-order valence-corrected chi connectivity index (χ1v) is 15.2. The average molecular weight is 573 g/mol. The molecule has 0 saturated heterocycles. The molecule has 3 unspecified atom stereocenters. The zero-order valence-electron chi connectivity index (χ0n) is 21.5. The van der Waals surface area contributed by atoms with Crippen molar-refractivity contribution in [2.24, 2.45) is 11.8 Å². The lowest BCUT2D eigenvalue weighted by molar-refractivity contribution is 0.275. The van der Waals surface area contributed by atoms with Crippen molar-refractivity contribution >= 4 is 59.5 Å². The van der Waals surface area contributed by atoms with Gasteiger partial charge in [-0.05, 0) is 59.2 Å². The predicted molar refractivity (Wildman–Crippen MR) is 162 cm³/mol. The summed E-state index contributed by atoms with van der Waals surface area (Å²) in [6.07, 6.45) is 20.1. The molecule has 0 aliphatic carbocycles. The Bertz CT molecular complexity index is 954. The van der Waals surface area contributed by atoms with E-state index < -0.39 is 0 Å². The van der Waals surface area contributed by atoms with Crippen LogP contribution in [0.3, 0.4) is 0 Å². The zero-order chi connectivity index (χ0) is 25.2. The van der Waals surface area contributed by atoms with Gasteiger partial charge in [-0.1, -0.05) is 81.3 Å². The first-order chi connectivity index (χ1) is 16.8. The van der Waals surface area contributed by atoms with E-state index in [4.69, 9.17) is 17.3 Å². The van der Waals surface area contributed by atoms with Crippen molar-refractivity contribution in [3.8, 4) is 11.5 Å². The van der Waals surface area contributed by atoms with Crippen LogP contribution in [0.4, 0.5) is 0 Å². The first kappa shape index (κ1) is 28.6. The van der Waals surface area contributed by atoms with Gasteiger partial charge in [0.2, 0.25) is 0 Å². The lowest BCUT2D eigenvalue weighted by Crippen LogP contribution is -2.06. The third-order valence-electron chi connectivity index (χ3n) is 6.30. The highest BCUT2D eigenvalue weighted by Gasteiger charge is 2.16. The standard InChI is InChI=1S/C29H38BBrO2S2/c1-20(2)6-5-7-21(3)16-17-33-27-19-22(8-11-25-13-15-29(31)35-25)26(32-4)18-23(27)9-10-24-12-14-28(30)34-24/h8-11,14-15,18-21,24-25H,5-7,12-13,16-17H2,1-4H3/b10-9+,11-8+. The monoisotopic (exact) mass is 572 g/mol. The summed E-state index contributed by atoms with van der Waals surface area (Å²) in [5.41, 5.74) is 2.10. The Balaban J connectivity index is 1.72. The number of benzene rings is 1. The predicted octanol–water partition coefficient (Wildman–Crippen LogP) is 9.21. The Hall–Kier alpha value is -0.975. The van der Waals surface area contributed by atoms with E-state index in [1.54, 1.807) is 18.9 Å². The number of hydrogen-bond acceptors (Lipinski definition) is 4. The molecular weight excluding hydrogens is 535 g/mol. The third kappa shape index (κ3) is 9.78. The molecule has 0 fully saturated rings. The summed E-state index contributed by atoms with van der Waals surface area (Å²) in [5.74, 6) is 3.22. The Morgan fingerprint density at radius 3 is 2.23 bits per heavy atom. The van der Waals surface area contributed by atoms with E-state index in [0.29, 0.717) is 16.4 Å². The van der Waals surface area contributed by atoms with Gasteiger partial charge in [0.05, 0.1) is 13.7 Å². The summed E-state index contributed by atoms with van der Waals surface area (Å²) < 4.78 is 13.4. The fourth-order valence-electron chi connectivity index (χ4n) is 4.15. The summed E-state index contributed by atoms with van der Waals surface area (Å²) in [6, 6.07) is 4.23. The molecule has 35 heavy (non-hydrogen) atoms. The fourth-order valence-corrected chi connectivity index (χ4v) is 6.78. The molecule has 0 spiro atoms. The van der Waals surface area contributed by atoms with Crippen molar-refractivity contribution in [1.82, 2.24) is 0 Å². The second-order valence-corrected chi connectivity index (χ2v) is 13.8. The Labute approximate surface area is 231 Å². The van der Waals surface area contributed by atoms with Crippen LogP contribution in [0.2, 0.25) is 0 Å². The molecule has 1 aromatic carbocycles. The largest absolute Gasteiger partial charge is 0.496 e. The molecule has 2 radical (unpaired) electrons. The number of allylic oxidation sites excluding steroid dienone is 2. The molecule has 2 aliphatic rings. The highest BCUT2D eigenvalue weighted by atomic mass is 79.9. The van der Waals surface area contributed by atoms with Crippen molar-refractivity contribution in [1.29, 1.82) is 0 Å². The summed E-state index contributed by atoms with van der Waals surface area (Å²) in [5, 5.41) is 0.821. The number of halogens is 1. The number of hydrogen-bond donors (Lipinski definition) is 0. The molecule has 6 heteroatoms. The van der Waals surface area contributed by atoms with Gasteiger partial charge in [-0.15, -0.1) is 23.5 Å². The third-order valence-corrected chi connectivity index (χ3v) is 9.32. The second kappa shape index (κ2) is 14.7. The Morgan fingerprint density at radius 2 is 1.63 bits per heavy atom. The first-order valence-electron chi connectivity index (χ1n) is 12.7. The van der Waals surface area contributed by atoms with E-state index >= 15 is 0 Å². The quantitative estimate of drug-likeness (QED) is 0.219. The van der Waals surface area contributed by atoms with E-state index in [-0.39, 0.29) is 0 Å². The normalized spacial score (nSPS) is 21.2. The summed E-state index contributed by atoms with van der Waals surface area (Å²) in [4.78, 5) is 0.909. The van der Waals surface area contributed by atoms with Gasteiger partial charge in [-0.3, -0.25) is 0 Å². The van der Waals surface area contributed by atoms with Crippen molar-refractivity contribution in [3.05, 3.63) is 56.2 Å². The van der Waals surface area contributed by atoms with Gasteiger partial charge in [0.15, 0.2) is 0 Å². The molecule has 0 N–H and O–H groups in total. The molecule has 3 atom stereocenters. The van der Waals surface area contributed by atoms with Gasteiger partial charge in [0, 0.05) is 25.4 Å². The van der Waals surface area contributed by atoms with Crippen LogP contribution in [0.5, 0.6) is 11.5 Å². The Morgan fingerprint density at radius 1 is 0.971 bits per heavy atom. The van der Waals surface area contributed by atoms with Crippen LogP contribution in [0, 0.1) is 11.8 Å². The van der Waals surface area contributed by atoms with E-state index in [1.165, 1.54) is 23.1 Å². The van der Waals surface area contributed by atoms with Crippen LogP contribution < -0.4 is 9.47 Å². The van der Waals surface area contributed by atoms with E-state index in [1.807, 2.05) is 11.8 Å². The molecule has 2 nitrogen and oxygen atoms in total. The molecule has 0 amide bonds. The van der Waals surface area contributed by atoms with Crippen LogP contribution in [-0.2, 0) is 0 Å². The van der Waals surface area contributed by atoms with Crippen LogP contribution in [0.1, 0.15) is 70.4 Å². The van der Waals surface area contributed by atoms with Crippen molar-refractivity contribution in [2.45, 2.75) is 69.8 Å². The number of thioether (sulfide) groups is 2. The Kier molecular flexibility index (Phi) is 12.0. The maximum Gasteiger partial charge on any atom is 0.127 e. The van der Waals surface area contributed by atoms with Crippen molar-refractivity contribution in [2.75, 3.05) is 13.7 Å². The van der Waals surface area contributed by atoms with Crippen LogP contribution in [0.25, 0.3) is 12.2 Å². The van der Waals surface area contributed by atoms with Gasteiger partial charge >= 0.3 is 0 Å². The summed E-state index contributed by atoms with van der Waals surface area (Å²) >= 11 is 7.15. The van der Waals surface area contributed by atoms with Crippen LogP contribution in [0.15, 0.2) is 45.1 Å². The van der Waals surface area contributed by atoms with Crippen molar-refractivity contribution in [3.63, 3.8) is 0 Å².